The van der Waals surface area contributed by atoms with Crippen LogP contribution in [0.3, 0.4) is 0 Å². The molecule has 1 aliphatic rings. The average Bonchev–Trinajstić information content (AvgIpc) is 3.07. The molecule has 9 heteroatoms. The van der Waals surface area contributed by atoms with Crippen molar-refractivity contribution in [3.63, 3.8) is 0 Å². The van der Waals surface area contributed by atoms with Gasteiger partial charge in [0, 0.05) is 24.0 Å². The molecule has 0 heterocycles. The molecule has 234 valence electrons. The van der Waals surface area contributed by atoms with E-state index in [0.717, 1.165) is 47.5 Å². The number of halogens is 1. The zero-order chi connectivity index (χ0) is 31.6. The van der Waals surface area contributed by atoms with E-state index >= 15 is 0 Å². The minimum atomic E-state index is -4.15. The molecule has 0 bridgehead atoms. The molecule has 4 aromatic carbocycles. The Morgan fingerprint density at radius 1 is 0.756 bits per heavy atom. The van der Waals surface area contributed by atoms with Gasteiger partial charge in [-0.1, -0.05) is 110 Å². The number of amides is 2. The second kappa shape index (κ2) is 15.2. The van der Waals surface area contributed by atoms with Gasteiger partial charge in [-0.2, -0.15) is 0 Å². The van der Waals surface area contributed by atoms with Crippen LogP contribution in [0.2, 0.25) is 5.02 Å². The smallest absolute Gasteiger partial charge is 0.264 e. The van der Waals surface area contributed by atoms with Crippen molar-refractivity contribution in [3.8, 4) is 0 Å². The lowest BCUT2D eigenvalue weighted by Gasteiger charge is -2.35. The van der Waals surface area contributed by atoms with Crippen molar-refractivity contribution in [2.45, 2.75) is 62.0 Å². The average molecular weight is 644 g/mol. The fourth-order valence-electron chi connectivity index (χ4n) is 5.73. The van der Waals surface area contributed by atoms with Crippen LogP contribution in [0.25, 0.3) is 0 Å². The molecule has 1 N–H and O–H groups in total. The van der Waals surface area contributed by atoms with Crippen molar-refractivity contribution in [1.29, 1.82) is 0 Å². The van der Waals surface area contributed by atoms with Gasteiger partial charge in [-0.3, -0.25) is 13.9 Å². The lowest BCUT2D eigenvalue weighted by atomic mass is 9.94. The minimum Gasteiger partial charge on any atom is -0.352 e. The molecule has 0 aromatic heterocycles. The van der Waals surface area contributed by atoms with Crippen LogP contribution in [0, 0.1) is 0 Å². The second-order valence-electron chi connectivity index (χ2n) is 11.4. The van der Waals surface area contributed by atoms with Crippen LogP contribution in [0.15, 0.2) is 120 Å². The quantitative estimate of drug-likeness (QED) is 0.188. The first-order chi connectivity index (χ1) is 21.8. The van der Waals surface area contributed by atoms with Crippen LogP contribution in [-0.2, 0) is 32.6 Å². The highest BCUT2D eigenvalue weighted by Gasteiger charge is 2.35. The van der Waals surface area contributed by atoms with Crippen LogP contribution in [0.1, 0.15) is 43.2 Å². The van der Waals surface area contributed by atoms with Crippen molar-refractivity contribution in [2.75, 3.05) is 10.8 Å². The van der Waals surface area contributed by atoms with Crippen molar-refractivity contribution in [3.05, 3.63) is 131 Å². The fourth-order valence-corrected chi connectivity index (χ4v) is 7.30. The molecule has 0 aliphatic heterocycles. The normalized spacial score (nSPS) is 14.3. The van der Waals surface area contributed by atoms with Crippen LogP contribution in [-0.4, -0.2) is 43.8 Å². The lowest BCUT2D eigenvalue weighted by molar-refractivity contribution is -0.140. The molecule has 5 rings (SSSR count). The van der Waals surface area contributed by atoms with E-state index in [1.54, 1.807) is 42.5 Å². The van der Waals surface area contributed by atoms with Crippen LogP contribution in [0.5, 0.6) is 0 Å². The van der Waals surface area contributed by atoms with E-state index in [9.17, 15) is 18.0 Å². The van der Waals surface area contributed by atoms with Gasteiger partial charge in [-0.25, -0.2) is 8.42 Å². The third kappa shape index (κ3) is 8.53. The van der Waals surface area contributed by atoms with E-state index < -0.39 is 28.5 Å². The molecular weight excluding hydrogens is 606 g/mol. The van der Waals surface area contributed by atoms with Crippen LogP contribution < -0.4 is 9.62 Å². The van der Waals surface area contributed by atoms with Crippen molar-refractivity contribution < 1.29 is 18.0 Å². The Labute approximate surface area is 270 Å². The summed E-state index contributed by atoms with van der Waals surface area (Å²) in [5.74, 6) is -0.730. The summed E-state index contributed by atoms with van der Waals surface area (Å²) < 4.78 is 29.2. The summed E-state index contributed by atoms with van der Waals surface area (Å²) in [6.07, 6.45) is 5.33. The van der Waals surface area contributed by atoms with E-state index in [-0.39, 0.29) is 29.8 Å². The molecule has 1 fully saturated rings. The van der Waals surface area contributed by atoms with Gasteiger partial charge in [0.25, 0.3) is 10.0 Å². The minimum absolute atomic E-state index is 0.0437. The summed E-state index contributed by atoms with van der Waals surface area (Å²) in [5.41, 5.74) is 2.03. The highest BCUT2D eigenvalue weighted by molar-refractivity contribution is 7.92. The number of hydrogen-bond donors (Lipinski definition) is 1. The molecular formula is C36H38ClN3O4S. The first-order valence-electron chi connectivity index (χ1n) is 15.3. The summed E-state index contributed by atoms with van der Waals surface area (Å²) in [6, 6.07) is 32.6. The molecule has 1 saturated carbocycles. The van der Waals surface area contributed by atoms with E-state index in [1.165, 1.54) is 17.0 Å². The van der Waals surface area contributed by atoms with Crippen LogP contribution >= 0.6 is 11.6 Å². The molecule has 2 amide bonds. The highest BCUT2D eigenvalue weighted by Crippen LogP contribution is 2.27. The van der Waals surface area contributed by atoms with Gasteiger partial charge < -0.3 is 10.2 Å². The maximum Gasteiger partial charge on any atom is 0.264 e. The maximum absolute atomic E-state index is 14.5. The van der Waals surface area contributed by atoms with E-state index in [0.29, 0.717) is 10.7 Å². The number of sulfonamides is 1. The van der Waals surface area contributed by atoms with Crippen molar-refractivity contribution >= 4 is 39.1 Å². The Balaban J connectivity index is 1.54. The molecule has 1 atom stereocenters. The maximum atomic E-state index is 14.5. The standard InChI is InChI=1S/C36H38ClN3O4S/c37-30-21-23-32(24-22-30)40(45(43,44)33-19-11-4-12-20-33)27-35(41)39(26-29-15-7-2-8-16-29)34(25-28-13-5-1-6-14-28)36(42)38-31-17-9-3-10-18-31/h1-2,4-8,11-16,19-24,31,34H,3,9-10,17-18,25-27H2,(H,38,42). The first-order valence-corrected chi connectivity index (χ1v) is 17.1. The number of carbonyl (C=O) groups excluding carboxylic acids is 2. The summed E-state index contributed by atoms with van der Waals surface area (Å²) in [6.45, 7) is -0.372. The molecule has 4 aromatic rings. The number of nitrogens with zero attached hydrogens (tertiary/aromatic N) is 2. The van der Waals surface area contributed by atoms with Crippen molar-refractivity contribution in [1.82, 2.24) is 10.2 Å². The Morgan fingerprint density at radius 2 is 1.31 bits per heavy atom. The number of rotatable bonds is 12. The summed E-state index contributed by atoms with van der Waals surface area (Å²) in [7, 11) is -4.15. The van der Waals surface area contributed by atoms with Gasteiger partial charge in [0.2, 0.25) is 11.8 Å². The Morgan fingerprint density at radius 3 is 1.91 bits per heavy atom. The summed E-state index contributed by atoms with van der Waals surface area (Å²) in [5, 5.41) is 3.67. The monoisotopic (exact) mass is 643 g/mol. The summed E-state index contributed by atoms with van der Waals surface area (Å²) >= 11 is 6.14. The number of benzene rings is 4. The van der Waals surface area contributed by atoms with Gasteiger partial charge in [0.15, 0.2) is 0 Å². The van der Waals surface area contributed by atoms with Crippen LogP contribution in [0.4, 0.5) is 5.69 Å². The van der Waals surface area contributed by atoms with Gasteiger partial charge in [0.05, 0.1) is 10.6 Å². The topological polar surface area (TPSA) is 86.8 Å². The molecule has 45 heavy (non-hydrogen) atoms. The largest absolute Gasteiger partial charge is 0.352 e. The zero-order valence-corrected chi connectivity index (χ0v) is 26.7. The molecule has 1 unspecified atom stereocenters. The predicted molar refractivity (Wildman–Crippen MR) is 178 cm³/mol. The number of hydrogen-bond acceptors (Lipinski definition) is 4. The van der Waals surface area contributed by atoms with Gasteiger partial charge in [-0.05, 0) is 60.4 Å². The van der Waals surface area contributed by atoms with E-state index in [2.05, 4.69) is 5.32 Å². The number of nitrogens with one attached hydrogen (secondary N) is 1. The van der Waals surface area contributed by atoms with E-state index in [4.69, 9.17) is 11.6 Å². The Kier molecular flexibility index (Phi) is 10.9. The lowest BCUT2D eigenvalue weighted by Crippen LogP contribution is -2.55. The second-order valence-corrected chi connectivity index (χ2v) is 13.7. The number of anilines is 1. The van der Waals surface area contributed by atoms with Gasteiger partial charge in [-0.15, -0.1) is 0 Å². The summed E-state index contributed by atoms with van der Waals surface area (Å²) in [4.78, 5) is 30.2. The number of carbonyl (C=O) groups is 2. The molecule has 0 saturated heterocycles. The Bertz CT molecular complexity index is 1650. The van der Waals surface area contributed by atoms with Crippen molar-refractivity contribution in [2.24, 2.45) is 0 Å². The first kappa shape index (κ1) is 32.3. The molecule has 0 spiro atoms. The van der Waals surface area contributed by atoms with Gasteiger partial charge >= 0.3 is 0 Å². The predicted octanol–water partition coefficient (Wildman–Crippen LogP) is 6.62. The third-order valence-electron chi connectivity index (χ3n) is 8.14. The third-order valence-corrected chi connectivity index (χ3v) is 10.2. The fraction of sp³-hybridized carbons (Fsp3) is 0.278. The Hall–Kier alpha value is -4.14. The van der Waals surface area contributed by atoms with E-state index in [1.807, 2.05) is 60.7 Å². The molecule has 0 radical (unpaired) electrons. The molecule has 1 aliphatic carbocycles. The molecule has 7 nitrogen and oxygen atoms in total. The zero-order valence-electron chi connectivity index (χ0n) is 25.1. The van der Waals surface area contributed by atoms with Gasteiger partial charge in [0.1, 0.15) is 12.6 Å². The SMILES string of the molecule is O=C(NC1CCCCC1)C(Cc1ccccc1)N(Cc1ccccc1)C(=O)CN(c1ccc(Cl)cc1)S(=O)(=O)c1ccccc1. The highest BCUT2D eigenvalue weighted by atomic mass is 35.5.